The lowest BCUT2D eigenvalue weighted by Crippen LogP contribution is -2.09. The van der Waals surface area contributed by atoms with Crippen LogP contribution >= 0.6 is 0 Å². The zero-order chi connectivity index (χ0) is 47.2. The first kappa shape index (κ1) is 47.6. The van der Waals surface area contributed by atoms with Gasteiger partial charge >= 0.3 is 0 Å². The number of benzene rings is 6. The zero-order valence-electron chi connectivity index (χ0n) is 32.8. The van der Waals surface area contributed by atoms with Crippen LogP contribution in [0.1, 0.15) is 11.1 Å². The van der Waals surface area contributed by atoms with E-state index in [1.807, 2.05) is 0 Å². The molecule has 0 unspecified atom stereocenters. The normalized spacial score (nSPS) is 12.5. The molecule has 0 bridgehead atoms. The summed E-state index contributed by atoms with van der Waals surface area (Å²) in [5.74, 6) is -10.7. The van der Waals surface area contributed by atoms with Gasteiger partial charge in [-0.2, -0.15) is 25.6 Å². The number of ether oxygens (including phenoxy) is 3. The minimum Gasteiger partial charge on any atom is -0.457 e. The van der Waals surface area contributed by atoms with Crippen molar-refractivity contribution in [2.24, 2.45) is 0 Å². The Morgan fingerprint density at radius 2 is 0.891 bits per heavy atom. The Hall–Kier alpha value is -5.89. The summed E-state index contributed by atoms with van der Waals surface area (Å²) in [5.41, 5.74) is -1.31. The first-order valence-corrected chi connectivity index (χ1v) is 25.5. The predicted octanol–water partition coefficient (Wildman–Crippen LogP) is 7.72. The van der Waals surface area contributed by atoms with Crippen molar-refractivity contribution in [3.05, 3.63) is 144 Å². The average molecular weight is 987 g/mol. The highest BCUT2D eigenvalue weighted by Crippen LogP contribution is 2.38. The molecule has 0 aliphatic heterocycles. The minimum atomic E-state index is -4.86. The van der Waals surface area contributed by atoms with E-state index in [2.05, 4.69) is 4.18 Å². The van der Waals surface area contributed by atoms with Crippen LogP contribution in [0.25, 0.3) is 0 Å². The minimum absolute atomic E-state index is 0.0208. The average Bonchev–Trinajstić information content (AvgIpc) is 3.24. The maximum Gasteiger partial charge on any atom is 0.300 e. The summed E-state index contributed by atoms with van der Waals surface area (Å²) in [7, 11) is -21.3. The molecule has 0 amide bonds. The van der Waals surface area contributed by atoms with E-state index < -0.39 is 116 Å². The zero-order valence-corrected chi connectivity index (χ0v) is 36.9. The third kappa shape index (κ3) is 10.1. The molecule has 0 aromatic heterocycles. The lowest BCUT2D eigenvalue weighted by Gasteiger charge is -2.15. The maximum absolute atomic E-state index is 14.3. The van der Waals surface area contributed by atoms with Gasteiger partial charge in [0.1, 0.15) is 39.4 Å². The van der Waals surface area contributed by atoms with Gasteiger partial charge in [0.05, 0.1) is 31.6 Å². The molecule has 0 heterocycles. The molecule has 24 heteroatoms. The number of sulfone groups is 3. The molecule has 0 atom stereocenters. The van der Waals surface area contributed by atoms with Crippen molar-refractivity contribution in [2.75, 3.05) is 13.4 Å². The van der Waals surface area contributed by atoms with Crippen LogP contribution in [0.15, 0.2) is 139 Å². The Balaban J connectivity index is 1.25. The van der Waals surface area contributed by atoms with Crippen LogP contribution in [-0.4, -0.2) is 60.0 Å². The van der Waals surface area contributed by atoms with Gasteiger partial charge in [0, 0.05) is 17.4 Å². The van der Waals surface area contributed by atoms with E-state index in [0.29, 0.717) is 0 Å². The van der Waals surface area contributed by atoms with Crippen LogP contribution in [0.3, 0.4) is 0 Å². The second-order valence-corrected chi connectivity index (χ2v) is 22.5. The van der Waals surface area contributed by atoms with Crippen molar-refractivity contribution >= 4 is 49.7 Å². The summed E-state index contributed by atoms with van der Waals surface area (Å²) in [4.78, 5) is -2.69. The molecule has 1 N–H and O–H groups in total. The van der Waals surface area contributed by atoms with Gasteiger partial charge in [-0.3, -0.25) is 8.74 Å². The standard InChI is InChI=1S/C40H30F4O15S5/c1-23-36(41)38(43)40(39(44)37(23)42)59-27-8-14-30(15-9-27)62(50,51)29-12-6-25(7-13-29)57-33-18-16-31(20-24(33)22-61(47,48)49)63(52,53)32-17-19-34(35(21-32)64(54,55)56-2)58-26-4-10-28(11-5-26)60(3,45)46/h4-21H,22H2,1-3H3,(H,47,48,49). The predicted molar refractivity (Wildman–Crippen MR) is 217 cm³/mol. The molecule has 0 saturated heterocycles. The molecule has 64 heavy (non-hydrogen) atoms. The fourth-order valence-corrected chi connectivity index (χ4v) is 10.5. The third-order valence-corrected chi connectivity index (χ3v) is 15.7. The summed E-state index contributed by atoms with van der Waals surface area (Å²) >= 11 is 0. The molecule has 0 radical (unpaired) electrons. The topological polar surface area (TPSA) is 228 Å². The first-order chi connectivity index (χ1) is 29.7. The maximum atomic E-state index is 14.3. The number of hydrogen-bond donors (Lipinski definition) is 1. The lowest BCUT2D eigenvalue weighted by atomic mass is 10.2. The molecule has 0 fully saturated rings. The van der Waals surface area contributed by atoms with E-state index in [0.717, 1.165) is 105 Å². The van der Waals surface area contributed by atoms with Gasteiger partial charge in [-0.05, 0) is 116 Å². The monoisotopic (exact) mass is 986 g/mol. The summed E-state index contributed by atoms with van der Waals surface area (Å²) in [5, 5.41) is 0. The smallest absolute Gasteiger partial charge is 0.300 e. The Morgan fingerprint density at radius 1 is 0.500 bits per heavy atom. The number of halogens is 4. The van der Waals surface area contributed by atoms with Gasteiger partial charge in [0.25, 0.3) is 20.2 Å². The quantitative estimate of drug-likeness (QED) is 0.0450. The van der Waals surface area contributed by atoms with Crippen molar-refractivity contribution in [3.63, 3.8) is 0 Å². The van der Waals surface area contributed by atoms with Crippen LogP contribution < -0.4 is 14.2 Å². The molecule has 15 nitrogen and oxygen atoms in total. The summed E-state index contributed by atoms with van der Waals surface area (Å²) in [6, 6.07) is 18.9. The van der Waals surface area contributed by atoms with Crippen molar-refractivity contribution in [1.29, 1.82) is 0 Å². The fourth-order valence-electron chi connectivity index (χ4n) is 5.74. The highest BCUT2D eigenvalue weighted by Gasteiger charge is 2.29. The van der Waals surface area contributed by atoms with Gasteiger partial charge in [0.2, 0.25) is 37.1 Å². The van der Waals surface area contributed by atoms with Crippen LogP contribution in [0.4, 0.5) is 17.6 Å². The molecule has 6 aromatic rings. The van der Waals surface area contributed by atoms with Crippen LogP contribution in [0, 0.1) is 30.2 Å². The van der Waals surface area contributed by atoms with Crippen LogP contribution in [0.5, 0.6) is 34.5 Å². The van der Waals surface area contributed by atoms with Crippen LogP contribution in [-0.2, 0) is 59.7 Å². The lowest BCUT2D eigenvalue weighted by molar-refractivity contribution is 0.362. The van der Waals surface area contributed by atoms with Crippen molar-refractivity contribution in [2.45, 2.75) is 42.0 Å². The number of hydrogen-bond acceptors (Lipinski definition) is 14. The first-order valence-electron chi connectivity index (χ1n) is 17.6. The van der Waals surface area contributed by atoms with E-state index in [1.54, 1.807) is 0 Å². The second-order valence-electron chi connectivity index (χ2n) is 13.4. The second kappa shape index (κ2) is 17.6. The molecular formula is C40H30F4O15S5. The molecular weight excluding hydrogens is 957 g/mol. The fraction of sp³-hybridized carbons (Fsp3) is 0.100. The Kier molecular flexibility index (Phi) is 13.1. The van der Waals surface area contributed by atoms with E-state index in [4.69, 9.17) is 14.2 Å². The highest BCUT2D eigenvalue weighted by atomic mass is 32.2. The molecule has 338 valence electrons. The molecule has 0 spiro atoms. The van der Waals surface area contributed by atoms with Gasteiger partial charge in [-0.25, -0.2) is 34.0 Å². The third-order valence-electron chi connectivity index (χ3n) is 9.03. The molecule has 6 rings (SSSR count). The van der Waals surface area contributed by atoms with Crippen molar-refractivity contribution in [3.8, 4) is 34.5 Å². The molecule has 0 aliphatic rings. The SMILES string of the molecule is COS(=O)(=O)c1cc(S(=O)(=O)c2ccc(Oc3ccc(S(=O)(=O)c4ccc(Oc5c(F)c(F)c(C)c(F)c5F)cc4)cc3)c(CS(=O)(=O)O)c2)ccc1Oc1ccc(S(C)(=O)=O)cc1. The molecule has 0 saturated carbocycles. The number of rotatable bonds is 15. The Labute approximate surface area is 364 Å². The van der Waals surface area contributed by atoms with Gasteiger partial charge in [-0.15, -0.1) is 0 Å². The van der Waals surface area contributed by atoms with Gasteiger partial charge < -0.3 is 14.2 Å². The largest absolute Gasteiger partial charge is 0.457 e. The van der Waals surface area contributed by atoms with E-state index in [-0.39, 0.29) is 37.7 Å². The van der Waals surface area contributed by atoms with E-state index in [1.165, 1.54) is 24.3 Å². The van der Waals surface area contributed by atoms with Crippen molar-refractivity contribution < 1.29 is 82.6 Å². The summed E-state index contributed by atoms with van der Waals surface area (Å²) in [6.45, 7) is 0.822. The Bertz CT molecular complexity index is 3360. The highest BCUT2D eigenvalue weighted by molar-refractivity contribution is 7.92. The van der Waals surface area contributed by atoms with Crippen molar-refractivity contribution in [1.82, 2.24) is 0 Å². The van der Waals surface area contributed by atoms with E-state index in [9.17, 15) is 64.2 Å². The van der Waals surface area contributed by atoms with Gasteiger partial charge in [0.15, 0.2) is 21.5 Å². The molecule has 0 aliphatic carbocycles. The summed E-state index contributed by atoms with van der Waals surface area (Å²) < 4.78 is 215. The Morgan fingerprint density at radius 3 is 1.34 bits per heavy atom. The summed E-state index contributed by atoms with van der Waals surface area (Å²) in [6.07, 6.45) is 0.974. The molecule has 6 aromatic carbocycles. The van der Waals surface area contributed by atoms with Gasteiger partial charge in [-0.1, -0.05) is 0 Å². The van der Waals surface area contributed by atoms with E-state index >= 15 is 0 Å². The van der Waals surface area contributed by atoms with Crippen LogP contribution in [0.2, 0.25) is 0 Å².